The van der Waals surface area contributed by atoms with Crippen molar-refractivity contribution in [1.29, 1.82) is 0 Å². The van der Waals surface area contributed by atoms with Crippen LogP contribution in [0.1, 0.15) is 46.5 Å². The topological polar surface area (TPSA) is 29.3 Å². The van der Waals surface area contributed by atoms with Crippen LogP contribution in [0.5, 0.6) is 0 Å². The lowest BCUT2D eigenvalue weighted by atomic mass is 9.77. The molecule has 2 nitrogen and oxygen atoms in total. The normalized spacial score (nSPS) is 37.7. The van der Waals surface area contributed by atoms with Gasteiger partial charge in [0.05, 0.1) is 0 Å². The third-order valence-electron chi connectivity index (χ3n) is 4.82. The predicted molar refractivity (Wildman–Crippen MR) is 82.1 cm³/mol. The fourth-order valence-corrected chi connectivity index (χ4v) is 5.34. The Morgan fingerprint density at radius 3 is 2.72 bits per heavy atom. The van der Waals surface area contributed by atoms with E-state index in [0.29, 0.717) is 5.41 Å². The van der Waals surface area contributed by atoms with Crippen LogP contribution in [-0.4, -0.2) is 41.6 Å². The Balaban J connectivity index is 2.11. The summed E-state index contributed by atoms with van der Waals surface area (Å²) in [6.45, 7) is 10.5. The molecule has 0 spiro atoms. The van der Waals surface area contributed by atoms with E-state index in [2.05, 4.69) is 37.4 Å². The standard InChI is InChI=1S/C15H30N2S/c1-4-13-6-5-7-17(8-13)15(10-16)9-14(2,3)11-18-12-15/h13H,4-12,16H2,1-3H3. The Kier molecular flexibility index (Phi) is 4.66. The minimum atomic E-state index is 0.278. The number of thioether (sulfide) groups is 1. The average Bonchev–Trinajstić information content (AvgIpc) is 2.37. The maximum Gasteiger partial charge on any atom is 0.0427 e. The van der Waals surface area contributed by atoms with Crippen molar-refractivity contribution in [2.24, 2.45) is 17.1 Å². The van der Waals surface area contributed by atoms with Crippen LogP contribution in [0.15, 0.2) is 0 Å². The molecule has 2 atom stereocenters. The van der Waals surface area contributed by atoms with Crippen LogP contribution < -0.4 is 5.73 Å². The highest BCUT2D eigenvalue weighted by Gasteiger charge is 2.44. The maximum absolute atomic E-state index is 6.22. The fourth-order valence-electron chi connectivity index (χ4n) is 3.80. The summed E-state index contributed by atoms with van der Waals surface area (Å²) in [6.07, 6.45) is 5.39. The van der Waals surface area contributed by atoms with Gasteiger partial charge in [0.25, 0.3) is 0 Å². The van der Waals surface area contributed by atoms with Gasteiger partial charge in [-0.1, -0.05) is 27.2 Å². The van der Waals surface area contributed by atoms with E-state index in [9.17, 15) is 0 Å². The molecule has 3 heteroatoms. The largest absolute Gasteiger partial charge is 0.329 e. The molecule has 0 amide bonds. The molecule has 0 aromatic rings. The summed E-state index contributed by atoms with van der Waals surface area (Å²) >= 11 is 2.11. The molecule has 2 aliphatic rings. The van der Waals surface area contributed by atoms with Crippen molar-refractivity contribution < 1.29 is 0 Å². The van der Waals surface area contributed by atoms with Gasteiger partial charge in [0.15, 0.2) is 0 Å². The molecule has 2 heterocycles. The summed E-state index contributed by atoms with van der Waals surface area (Å²) in [5.74, 6) is 3.43. The molecule has 0 aromatic carbocycles. The zero-order valence-corrected chi connectivity index (χ0v) is 13.2. The van der Waals surface area contributed by atoms with Crippen LogP contribution in [0.2, 0.25) is 0 Å². The smallest absolute Gasteiger partial charge is 0.0427 e. The summed E-state index contributed by atoms with van der Waals surface area (Å²) in [6, 6.07) is 0. The summed E-state index contributed by atoms with van der Waals surface area (Å²) in [5, 5.41) is 0. The van der Waals surface area contributed by atoms with Crippen molar-refractivity contribution in [2.75, 3.05) is 31.1 Å². The molecule has 0 aromatic heterocycles. The molecule has 0 radical (unpaired) electrons. The van der Waals surface area contributed by atoms with Gasteiger partial charge in [-0.15, -0.1) is 0 Å². The Morgan fingerprint density at radius 2 is 2.11 bits per heavy atom. The van der Waals surface area contributed by atoms with Gasteiger partial charge in [0.1, 0.15) is 0 Å². The van der Waals surface area contributed by atoms with Gasteiger partial charge < -0.3 is 5.73 Å². The minimum absolute atomic E-state index is 0.278. The molecule has 2 rings (SSSR count). The highest BCUT2D eigenvalue weighted by Crippen LogP contribution is 2.43. The van der Waals surface area contributed by atoms with Crippen molar-refractivity contribution in [3.8, 4) is 0 Å². The van der Waals surface area contributed by atoms with E-state index >= 15 is 0 Å². The van der Waals surface area contributed by atoms with Crippen LogP contribution in [-0.2, 0) is 0 Å². The second-order valence-electron chi connectivity index (χ2n) is 7.12. The number of nitrogens with zero attached hydrogens (tertiary/aromatic N) is 1. The molecule has 0 bridgehead atoms. The van der Waals surface area contributed by atoms with Gasteiger partial charge in [0, 0.05) is 24.4 Å². The van der Waals surface area contributed by atoms with Crippen molar-refractivity contribution >= 4 is 11.8 Å². The third kappa shape index (κ3) is 3.05. The Morgan fingerprint density at radius 1 is 1.33 bits per heavy atom. The van der Waals surface area contributed by atoms with E-state index in [-0.39, 0.29) is 5.54 Å². The zero-order valence-electron chi connectivity index (χ0n) is 12.4. The first kappa shape index (κ1) is 14.7. The molecule has 18 heavy (non-hydrogen) atoms. The minimum Gasteiger partial charge on any atom is -0.329 e. The summed E-state index contributed by atoms with van der Waals surface area (Å²) < 4.78 is 0. The summed E-state index contributed by atoms with van der Waals surface area (Å²) in [4.78, 5) is 2.75. The lowest BCUT2D eigenvalue weighted by molar-refractivity contribution is 0.0304. The lowest BCUT2D eigenvalue weighted by Gasteiger charge is -2.52. The first-order valence-electron chi connectivity index (χ1n) is 7.54. The average molecular weight is 270 g/mol. The molecular formula is C15H30N2S. The monoisotopic (exact) mass is 270 g/mol. The van der Waals surface area contributed by atoms with Crippen LogP contribution in [0, 0.1) is 11.3 Å². The third-order valence-corrected chi connectivity index (χ3v) is 6.55. The number of rotatable bonds is 3. The van der Waals surface area contributed by atoms with Gasteiger partial charge in [-0.3, -0.25) is 4.90 Å². The van der Waals surface area contributed by atoms with Gasteiger partial charge >= 0.3 is 0 Å². The van der Waals surface area contributed by atoms with E-state index in [0.717, 1.165) is 12.5 Å². The first-order valence-corrected chi connectivity index (χ1v) is 8.70. The Labute approximate surface area is 117 Å². The molecule has 2 unspecified atom stereocenters. The maximum atomic E-state index is 6.22. The Bertz CT molecular complexity index is 280. The molecule has 0 saturated carbocycles. The predicted octanol–water partition coefficient (Wildman–Crippen LogP) is 2.97. The van der Waals surface area contributed by atoms with E-state index in [4.69, 9.17) is 5.73 Å². The van der Waals surface area contributed by atoms with Crippen LogP contribution >= 0.6 is 11.8 Å². The van der Waals surface area contributed by atoms with Gasteiger partial charge in [0.2, 0.25) is 0 Å². The van der Waals surface area contributed by atoms with Gasteiger partial charge in [-0.05, 0) is 42.9 Å². The fraction of sp³-hybridized carbons (Fsp3) is 1.00. The van der Waals surface area contributed by atoms with Crippen LogP contribution in [0.25, 0.3) is 0 Å². The number of nitrogens with two attached hydrogens (primary N) is 1. The van der Waals surface area contributed by atoms with Crippen molar-refractivity contribution in [2.45, 2.75) is 52.0 Å². The first-order chi connectivity index (χ1) is 8.51. The Hall–Kier alpha value is 0.270. The highest BCUT2D eigenvalue weighted by molar-refractivity contribution is 7.99. The number of likely N-dealkylation sites (tertiary alicyclic amines) is 1. The number of hydrogen-bond acceptors (Lipinski definition) is 3. The molecule has 2 aliphatic heterocycles. The molecule has 2 N–H and O–H groups in total. The van der Waals surface area contributed by atoms with E-state index in [1.807, 2.05) is 0 Å². The van der Waals surface area contributed by atoms with Crippen molar-refractivity contribution in [3.63, 3.8) is 0 Å². The lowest BCUT2D eigenvalue weighted by Crippen LogP contribution is -2.62. The zero-order chi connectivity index (χ0) is 13.2. The molecule has 2 fully saturated rings. The van der Waals surface area contributed by atoms with Crippen molar-refractivity contribution in [1.82, 2.24) is 4.90 Å². The molecule has 2 saturated heterocycles. The second-order valence-corrected chi connectivity index (χ2v) is 8.11. The molecule has 106 valence electrons. The number of piperidine rings is 1. The van der Waals surface area contributed by atoms with Crippen LogP contribution in [0.3, 0.4) is 0 Å². The van der Waals surface area contributed by atoms with E-state index in [1.165, 1.54) is 50.3 Å². The second kappa shape index (κ2) is 5.72. The van der Waals surface area contributed by atoms with Crippen LogP contribution in [0.4, 0.5) is 0 Å². The molecule has 0 aliphatic carbocycles. The van der Waals surface area contributed by atoms with Gasteiger partial charge in [-0.25, -0.2) is 0 Å². The molecular weight excluding hydrogens is 240 g/mol. The summed E-state index contributed by atoms with van der Waals surface area (Å²) in [5.41, 5.74) is 6.95. The van der Waals surface area contributed by atoms with Crippen molar-refractivity contribution in [3.05, 3.63) is 0 Å². The van der Waals surface area contributed by atoms with Gasteiger partial charge in [-0.2, -0.15) is 11.8 Å². The SMILES string of the molecule is CCC1CCCN(C2(CN)CSCC(C)(C)C2)C1. The quantitative estimate of drug-likeness (QED) is 0.855. The van der Waals surface area contributed by atoms with E-state index in [1.54, 1.807) is 0 Å². The highest BCUT2D eigenvalue weighted by atomic mass is 32.2. The summed E-state index contributed by atoms with van der Waals surface area (Å²) in [7, 11) is 0. The number of hydrogen-bond donors (Lipinski definition) is 1. The van der Waals surface area contributed by atoms with E-state index < -0.39 is 0 Å².